The second kappa shape index (κ2) is 10.3. The Balaban J connectivity index is 4.12. The van der Waals surface area contributed by atoms with E-state index >= 15 is 0 Å². The molecule has 6 heteroatoms. The van der Waals surface area contributed by atoms with E-state index in [1.807, 2.05) is 0 Å². The third-order valence-corrected chi connectivity index (χ3v) is 2.23. The summed E-state index contributed by atoms with van der Waals surface area (Å²) in [7, 11) is 0. The first-order valence-corrected chi connectivity index (χ1v) is 5.89. The largest absolute Gasteiger partial charge is 0.376 e. The summed E-state index contributed by atoms with van der Waals surface area (Å²) < 4.78 is 5.38. The zero-order chi connectivity index (χ0) is 13.1. The molecule has 0 saturated heterocycles. The van der Waals surface area contributed by atoms with E-state index in [1.54, 1.807) is 0 Å². The molecule has 0 radical (unpaired) electrons. The highest BCUT2D eigenvalue weighted by Gasteiger charge is 2.17. The van der Waals surface area contributed by atoms with Gasteiger partial charge in [-0.05, 0) is 13.1 Å². The fourth-order valence-electron chi connectivity index (χ4n) is 1.46. The minimum Gasteiger partial charge on any atom is -0.376 e. The molecule has 0 heterocycles. The number of carbonyl (C=O) groups excluding carboxylic acids is 2. The summed E-state index contributed by atoms with van der Waals surface area (Å²) in [6.45, 7) is 1.35. The van der Waals surface area contributed by atoms with Gasteiger partial charge in [0.1, 0.15) is 11.6 Å². The van der Waals surface area contributed by atoms with Gasteiger partial charge in [-0.3, -0.25) is 9.59 Å². The van der Waals surface area contributed by atoms with Crippen molar-refractivity contribution in [3.63, 3.8) is 0 Å². The third-order valence-electron chi connectivity index (χ3n) is 2.23. The molecule has 0 rings (SSSR count). The number of ether oxygens (including phenoxy) is 1. The molecule has 0 unspecified atom stereocenters. The van der Waals surface area contributed by atoms with Gasteiger partial charge in [-0.1, -0.05) is 0 Å². The Labute approximate surface area is 102 Å². The molecule has 6 nitrogen and oxygen atoms in total. The van der Waals surface area contributed by atoms with Crippen LogP contribution in [-0.4, -0.2) is 43.9 Å². The molecule has 0 aliphatic heterocycles. The van der Waals surface area contributed by atoms with Gasteiger partial charge >= 0.3 is 0 Å². The van der Waals surface area contributed by atoms with Crippen molar-refractivity contribution in [3.8, 4) is 0 Å². The van der Waals surface area contributed by atoms with Gasteiger partial charge in [-0.2, -0.15) is 0 Å². The lowest BCUT2D eigenvalue weighted by Gasteiger charge is -2.16. The molecule has 0 aromatic heterocycles. The fourth-order valence-corrected chi connectivity index (χ4v) is 1.46. The number of rotatable bonds is 11. The van der Waals surface area contributed by atoms with Crippen molar-refractivity contribution in [2.75, 3.05) is 26.2 Å². The van der Waals surface area contributed by atoms with Gasteiger partial charge in [-0.15, -0.1) is 0 Å². The lowest BCUT2D eigenvalue weighted by Crippen LogP contribution is -2.26. The van der Waals surface area contributed by atoms with Gasteiger partial charge in [0.05, 0.1) is 12.7 Å². The normalized spacial score (nSPS) is 10.8. The molecule has 100 valence electrons. The van der Waals surface area contributed by atoms with Crippen LogP contribution in [0, 0.1) is 0 Å². The molecule has 0 atom stereocenters. The van der Waals surface area contributed by atoms with Crippen LogP contribution in [0.4, 0.5) is 0 Å². The van der Waals surface area contributed by atoms with Crippen LogP contribution >= 0.6 is 0 Å². The number of carbonyl (C=O) groups is 2. The molecular weight excluding hydrogens is 222 g/mol. The summed E-state index contributed by atoms with van der Waals surface area (Å²) >= 11 is 0. The highest BCUT2D eigenvalue weighted by Crippen LogP contribution is 2.08. The molecule has 0 saturated carbocycles. The van der Waals surface area contributed by atoms with Crippen LogP contribution < -0.4 is 17.2 Å². The van der Waals surface area contributed by atoms with Gasteiger partial charge in [0, 0.05) is 32.2 Å². The maximum atomic E-state index is 11.4. The molecule has 0 aliphatic carbocycles. The van der Waals surface area contributed by atoms with Crippen molar-refractivity contribution in [2.45, 2.75) is 31.8 Å². The Hall–Kier alpha value is -0.820. The standard InChI is InChI=1S/C11H23N3O3/c12-3-1-9(15)7-11(17-6-5-14)8-10(16)2-4-13/h11H,1-8,12-14H2. The van der Waals surface area contributed by atoms with Crippen molar-refractivity contribution in [3.05, 3.63) is 0 Å². The van der Waals surface area contributed by atoms with Crippen molar-refractivity contribution < 1.29 is 14.3 Å². The number of ketones is 2. The predicted octanol–water partition coefficient (Wildman–Crippen LogP) is -1.05. The van der Waals surface area contributed by atoms with Gasteiger partial charge in [-0.25, -0.2) is 0 Å². The minimum atomic E-state index is -0.392. The highest BCUT2D eigenvalue weighted by molar-refractivity contribution is 5.82. The van der Waals surface area contributed by atoms with E-state index in [1.165, 1.54) is 0 Å². The molecule has 0 spiro atoms. The van der Waals surface area contributed by atoms with Crippen LogP contribution in [0.2, 0.25) is 0 Å². The molecule has 0 amide bonds. The Bertz CT molecular complexity index is 214. The van der Waals surface area contributed by atoms with E-state index in [4.69, 9.17) is 21.9 Å². The number of hydrogen-bond donors (Lipinski definition) is 3. The quantitative estimate of drug-likeness (QED) is 0.427. The second-order valence-electron chi connectivity index (χ2n) is 3.84. The van der Waals surface area contributed by atoms with Crippen LogP contribution in [0.25, 0.3) is 0 Å². The van der Waals surface area contributed by atoms with Crippen LogP contribution in [0.3, 0.4) is 0 Å². The molecule has 6 N–H and O–H groups in total. The Kier molecular flexibility index (Phi) is 9.84. The SMILES string of the molecule is NCCOC(CC(=O)CCN)CC(=O)CCN. The first kappa shape index (κ1) is 16.2. The fraction of sp³-hybridized carbons (Fsp3) is 0.818. The average molecular weight is 245 g/mol. The van der Waals surface area contributed by atoms with Crippen molar-refractivity contribution >= 4 is 11.6 Å². The monoisotopic (exact) mass is 245 g/mol. The van der Waals surface area contributed by atoms with Gasteiger partial charge in [0.25, 0.3) is 0 Å². The van der Waals surface area contributed by atoms with E-state index in [2.05, 4.69) is 0 Å². The first-order valence-electron chi connectivity index (χ1n) is 5.89. The Morgan fingerprint density at radius 3 is 1.71 bits per heavy atom. The van der Waals surface area contributed by atoms with Gasteiger partial charge in [0.15, 0.2) is 0 Å². The lowest BCUT2D eigenvalue weighted by molar-refractivity contribution is -0.125. The zero-order valence-electron chi connectivity index (χ0n) is 10.2. The molecule has 0 aliphatic rings. The summed E-state index contributed by atoms with van der Waals surface area (Å²) in [4.78, 5) is 22.9. The van der Waals surface area contributed by atoms with E-state index in [0.29, 0.717) is 39.1 Å². The van der Waals surface area contributed by atoms with Crippen LogP contribution in [0.15, 0.2) is 0 Å². The van der Waals surface area contributed by atoms with E-state index in [9.17, 15) is 9.59 Å². The molecule has 0 fully saturated rings. The lowest BCUT2D eigenvalue weighted by atomic mass is 10.0. The summed E-state index contributed by atoms with van der Waals surface area (Å²) in [6, 6.07) is 0. The molecule has 17 heavy (non-hydrogen) atoms. The van der Waals surface area contributed by atoms with Crippen molar-refractivity contribution in [2.24, 2.45) is 17.2 Å². The van der Waals surface area contributed by atoms with E-state index < -0.39 is 6.10 Å². The summed E-state index contributed by atoms with van der Waals surface area (Å²) in [6.07, 6.45) is 0.666. The smallest absolute Gasteiger partial charge is 0.136 e. The Morgan fingerprint density at radius 2 is 1.35 bits per heavy atom. The average Bonchev–Trinajstić information content (AvgIpc) is 2.26. The number of hydrogen-bond acceptors (Lipinski definition) is 6. The highest BCUT2D eigenvalue weighted by atomic mass is 16.5. The van der Waals surface area contributed by atoms with Crippen molar-refractivity contribution in [1.29, 1.82) is 0 Å². The van der Waals surface area contributed by atoms with Gasteiger partial charge < -0.3 is 21.9 Å². The number of nitrogens with two attached hydrogens (primary N) is 3. The van der Waals surface area contributed by atoms with E-state index in [-0.39, 0.29) is 24.4 Å². The third kappa shape index (κ3) is 8.93. The Morgan fingerprint density at radius 1 is 0.882 bits per heavy atom. The maximum Gasteiger partial charge on any atom is 0.136 e. The predicted molar refractivity (Wildman–Crippen MR) is 65.4 cm³/mol. The molecular formula is C11H23N3O3. The number of Topliss-reactive ketones (excluding diaryl/α,β-unsaturated/α-hetero) is 2. The molecule has 0 bridgehead atoms. The molecule has 0 aromatic rings. The zero-order valence-corrected chi connectivity index (χ0v) is 10.2. The maximum absolute atomic E-state index is 11.4. The van der Waals surface area contributed by atoms with Gasteiger partial charge in [0.2, 0.25) is 0 Å². The van der Waals surface area contributed by atoms with Crippen molar-refractivity contribution in [1.82, 2.24) is 0 Å². The van der Waals surface area contributed by atoms with Crippen LogP contribution in [0.1, 0.15) is 25.7 Å². The first-order chi connectivity index (χ1) is 8.13. The van der Waals surface area contributed by atoms with Crippen LogP contribution in [-0.2, 0) is 14.3 Å². The topological polar surface area (TPSA) is 121 Å². The second-order valence-corrected chi connectivity index (χ2v) is 3.84. The van der Waals surface area contributed by atoms with E-state index in [0.717, 1.165) is 0 Å². The summed E-state index contributed by atoms with van der Waals surface area (Å²) in [5, 5.41) is 0. The summed E-state index contributed by atoms with van der Waals surface area (Å²) in [5.74, 6) is 0.0186. The van der Waals surface area contributed by atoms with Crippen LogP contribution in [0.5, 0.6) is 0 Å². The minimum absolute atomic E-state index is 0.00932. The summed E-state index contributed by atoms with van der Waals surface area (Å²) in [5.41, 5.74) is 15.9. The molecule has 0 aromatic carbocycles.